The minimum atomic E-state index is -3.67. The molecule has 1 aromatic carbocycles. The SMILES string of the molecule is NS(N)(=O)=O.O=C(O)CNc1ccccc1. The van der Waals surface area contributed by atoms with Gasteiger partial charge in [-0.25, -0.2) is 10.3 Å². The summed E-state index contributed by atoms with van der Waals surface area (Å²) in [5.41, 5.74) is 0.829. The Morgan fingerprint density at radius 1 is 1.25 bits per heavy atom. The van der Waals surface area contributed by atoms with E-state index in [2.05, 4.69) is 15.6 Å². The Morgan fingerprint density at radius 2 is 1.69 bits per heavy atom. The van der Waals surface area contributed by atoms with E-state index >= 15 is 0 Å². The molecule has 90 valence electrons. The Bertz CT molecular complexity index is 410. The zero-order valence-electron chi connectivity index (χ0n) is 8.33. The summed E-state index contributed by atoms with van der Waals surface area (Å²) in [6, 6.07) is 9.23. The van der Waals surface area contributed by atoms with Gasteiger partial charge in [0.25, 0.3) is 10.2 Å². The number of nitrogens with two attached hydrogens (primary N) is 2. The first-order chi connectivity index (χ1) is 7.29. The van der Waals surface area contributed by atoms with Gasteiger partial charge in [-0.05, 0) is 12.1 Å². The maximum Gasteiger partial charge on any atom is 0.322 e. The maximum absolute atomic E-state index is 10.1. The van der Waals surface area contributed by atoms with E-state index in [1.807, 2.05) is 30.3 Å². The summed E-state index contributed by atoms with van der Waals surface area (Å²) in [4.78, 5) is 10.1. The number of rotatable bonds is 3. The first-order valence-electron chi connectivity index (χ1n) is 4.10. The lowest BCUT2D eigenvalue weighted by molar-refractivity contribution is -0.134. The van der Waals surface area contributed by atoms with E-state index in [1.165, 1.54) is 0 Å². The number of nitrogens with one attached hydrogen (secondary N) is 1. The number of carboxylic acid groups (broad SMARTS) is 1. The van der Waals surface area contributed by atoms with Gasteiger partial charge >= 0.3 is 5.97 Å². The number of hydrogen-bond donors (Lipinski definition) is 4. The van der Waals surface area contributed by atoms with Gasteiger partial charge in [0.05, 0.1) is 0 Å². The molecule has 0 saturated carbocycles. The molecule has 0 spiro atoms. The Hall–Kier alpha value is -1.64. The van der Waals surface area contributed by atoms with Crippen molar-refractivity contribution in [1.82, 2.24) is 0 Å². The van der Waals surface area contributed by atoms with E-state index in [-0.39, 0.29) is 6.54 Å². The number of hydrogen-bond acceptors (Lipinski definition) is 4. The summed E-state index contributed by atoms with van der Waals surface area (Å²) in [7, 11) is -3.67. The van der Waals surface area contributed by atoms with Gasteiger partial charge in [-0.2, -0.15) is 8.42 Å². The molecule has 0 saturated heterocycles. The minimum Gasteiger partial charge on any atom is -0.480 e. The van der Waals surface area contributed by atoms with Crippen LogP contribution in [0.15, 0.2) is 30.3 Å². The third-order valence-corrected chi connectivity index (χ3v) is 1.22. The number of para-hydroxylation sites is 1. The first kappa shape index (κ1) is 14.4. The van der Waals surface area contributed by atoms with Crippen LogP contribution in [0, 0.1) is 0 Å². The Kier molecular flexibility index (Phi) is 6.08. The molecule has 0 bridgehead atoms. The van der Waals surface area contributed by atoms with Crippen LogP contribution in [0.4, 0.5) is 5.69 Å². The van der Waals surface area contributed by atoms with Crippen molar-refractivity contribution < 1.29 is 18.3 Å². The van der Waals surface area contributed by atoms with Crippen LogP contribution in [0.1, 0.15) is 0 Å². The van der Waals surface area contributed by atoms with E-state index in [0.29, 0.717) is 0 Å². The summed E-state index contributed by atoms with van der Waals surface area (Å²) in [5.74, 6) is -0.853. The smallest absolute Gasteiger partial charge is 0.322 e. The van der Waals surface area contributed by atoms with E-state index in [9.17, 15) is 13.2 Å². The molecule has 0 aliphatic heterocycles. The molecule has 0 radical (unpaired) electrons. The molecule has 0 amide bonds. The van der Waals surface area contributed by atoms with E-state index in [4.69, 9.17) is 5.11 Å². The number of aliphatic carboxylic acids is 1. The van der Waals surface area contributed by atoms with Gasteiger partial charge in [0.1, 0.15) is 6.54 Å². The number of benzene rings is 1. The quantitative estimate of drug-likeness (QED) is 0.561. The van der Waals surface area contributed by atoms with Crippen LogP contribution in [0.25, 0.3) is 0 Å². The molecule has 16 heavy (non-hydrogen) atoms. The monoisotopic (exact) mass is 247 g/mol. The maximum atomic E-state index is 10.1. The van der Waals surface area contributed by atoms with Gasteiger partial charge in [0.2, 0.25) is 0 Å². The zero-order valence-corrected chi connectivity index (χ0v) is 9.15. The van der Waals surface area contributed by atoms with Gasteiger partial charge in [0.15, 0.2) is 0 Å². The van der Waals surface area contributed by atoms with E-state index in [0.717, 1.165) is 5.69 Å². The molecule has 0 atom stereocenters. The van der Waals surface area contributed by atoms with Crippen LogP contribution >= 0.6 is 0 Å². The van der Waals surface area contributed by atoms with Crippen molar-refractivity contribution in [3.63, 3.8) is 0 Å². The van der Waals surface area contributed by atoms with Crippen LogP contribution in [0.2, 0.25) is 0 Å². The molecule has 8 heteroatoms. The number of carboxylic acids is 1. The highest BCUT2D eigenvalue weighted by Crippen LogP contribution is 2.03. The molecule has 7 nitrogen and oxygen atoms in total. The number of anilines is 1. The summed E-state index contributed by atoms with van der Waals surface area (Å²) in [6.45, 7) is -0.0377. The third-order valence-electron chi connectivity index (χ3n) is 1.22. The topological polar surface area (TPSA) is 136 Å². The van der Waals surface area contributed by atoms with Crippen molar-refractivity contribution in [1.29, 1.82) is 0 Å². The summed E-state index contributed by atoms with van der Waals surface area (Å²) >= 11 is 0. The molecule has 0 aliphatic carbocycles. The van der Waals surface area contributed by atoms with Crippen LogP contribution < -0.4 is 15.6 Å². The molecular formula is C8H13N3O4S. The molecule has 6 N–H and O–H groups in total. The lowest BCUT2D eigenvalue weighted by atomic mass is 10.3. The lowest BCUT2D eigenvalue weighted by Gasteiger charge is -2.00. The average Bonchev–Trinajstić information content (AvgIpc) is 2.14. The predicted octanol–water partition coefficient (Wildman–Crippen LogP) is -0.668. The van der Waals surface area contributed by atoms with E-state index in [1.54, 1.807) is 0 Å². The Labute approximate surface area is 93.2 Å². The third kappa shape index (κ3) is 12.4. The highest BCUT2D eigenvalue weighted by molar-refractivity contribution is 7.86. The van der Waals surface area contributed by atoms with Crippen molar-refractivity contribution in [2.45, 2.75) is 0 Å². The largest absolute Gasteiger partial charge is 0.480 e. The molecule has 0 fully saturated rings. The minimum absolute atomic E-state index is 0.0377. The fourth-order valence-corrected chi connectivity index (χ4v) is 0.734. The normalized spacial score (nSPS) is 9.88. The number of carbonyl (C=O) groups is 1. The van der Waals surface area contributed by atoms with Crippen molar-refractivity contribution in [2.75, 3.05) is 11.9 Å². The zero-order chi connectivity index (χ0) is 12.6. The Balaban J connectivity index is 0.000000385. The molecule has 0 heterocycles. The second-order valence-corrected chi connectivity index (χ2v) is 3.88. The van der Waals surface area contributed by atoms with Gasteiger partial charge < -0.3 is 10.4 Å². The van der Waals surface area contributed by atoms with Gasteiger partial charge in [0, 0.05) is 5.69 Å². The molecule has 1 aromatic rings. The first-order valence-corrected chi connectivity index (χ1v) is 5.71. The fourth-order valence-electron chi connectivity index (χ4n) is 0.734. The Morgan fingerprint density at radius 3 is 2.06 bits per heavy atom. The molecule has 1 rings (SSSR count). The molecule has 0 aliphatic rings. The van der Waals surface area contributed by atoms with E-state index < -0.39 is 16.2 Å². The van der Waals surface area contributed by atoms with Crippen LogP contribution in [0.3, 0.4) is 0 Å². The standard InChI is InChI=1S/C8H9NO2.H4N2O2S/c10-8(11)6-9-7-4-2-1-3-5-7;1-5(2,3)4/h1-5,9H,6H2,(H,10,11);(H4,1,2,3,4). The van der Waals surface area contributed by atoms with Crippen molar-refractivity contribution in [2.24, 2.45) is 10.3 Å². The predicted molar refractivity (Wildman–Crippen MR) is 59.9 cm³/mol. The fraction of sp³-hybridized carbons (Fsp3) is 0.125. The molecule has 0 unspecified atom stereocenters. The van der Waals surface area contributed by atoms with Gasteiger partial charge in [-0.3, -0.25) is 4.79 Å². The van der Waals surface area contributed by atoms with Gasteiger partial charge in [-0.15, -0.1) is 0 Å². The van der Waals surface area contributed by atoms with Crippen molar-refractivity contribution in [3.05, 3.63) is 30.3 Å². The molecular weight excluding hydrogens is 234 g/mol. The van der Waals surface area contributed by atoms with Crippen LogP contribution in [-0.4, -0.2) is 26.0 Å². The summed E-state index contributed by atoms with van der Waals surface area (Å²) < 4.78 is 18.4. The average molecular weight is 247 g/mol. The van der Waals surface area contributed by atoms with Crippen LogP contribution in [0.5, 0.6) is 0 Å². The summed E-state index contributed by atoms with van der Waals surface area (Å²) in [6.07, 6.45) is 0. The van der Waals surface area contributed by atoms with Crippen molar-refractivity contribution in [3.8, 4) is 0 Å². The summed E-state index contributed by atoms with van der Waals surface area (Å²) in [5, 5.41) is 19.3. The lowest BCUT2D eigenvalue weighted by Crippen LogP contribution is -2.21. The van der Waals surface area contributed by atoms with Gasteiger partial charge in [-0.1, -0.05) is 18.2 Å². The van der Waals surface area contributed by atoms with Crippen molar-refractivity contribution >= 4 is 21.9 Å². The second kappa shape index (κ2) is 6.77. The second-order valence-electron chi connectivity index (χ2n) is 2.70. The highest BCUT2D eigenvalue weighted by atomic mass is 32.2. The highest BCUT2D eigenvalue weighted by Gasteiger charge is 1.94. The molecule has 0 aromatic heterocycles. The van der Waals surface area contributed by atoms with Crippen LogP contribution in [-0.2, 0) is 15.0 Å².